The Morgan fingerprint density at radius 2 is 2.35 bits per heavy atom. The van der Waals surface area contributed by atoms with E-state index in [0.717, 1.165) is 42.9 Å². The molecule has 6 heteroatoms. The van der Waals surface area contributed by atoms with Gasteiger partial charge in [0.2, 0.25) is 0 Å². The Labute approximate surface area is 142 Å². The molecule has 0 radical (unpaired) electrons. The summed E-state index contributed by atoms with van der Waals surface area (Å²) in [7, 11) is 2.21. The fourth-order valence-corrected chi connectivity index (χ4v) is 4.04. The highest BCUT2D eigenvalue weighted by Gasteiger charge is 2.22. The molecule has 0 bridgehead atoms. The van der Waals surface area contributed by atoms with Gasteiger partial charge in [-0.05, 0) is 62.4 Å². The van der Waals surface area contributed by atoms with E-state index in [0.29, 0.717) is 0 Å². The summed E-state index contributed by atoms with van der Waals surface area (Å²) < 4.78 is 4.29. The molecule has 0 saturated carbocycles. The molecular weight excluding hydrogens is 306 g/mol. The first-order valence-corrected chi connectivity index (χ1v) is 9.05. The van der Waals surface area contributed by atoms with Crippen molar-refractivity contribution in [2.45, 2.75) is 32.9 Å². The van der Waals surface area contributed by atoms with Gasteiger partial charge in [0.1, 0.15) is 10.8 Å². The smallest absolute Gasteiger partial charge is 0.139 e. The zero-order valence-electron chi connectivity index (χ0n) is 14.0. The highest BCUT2D eigenvalue weighted by molar-refractivity contribution is 7.05. The van der Waals surface area contributed by atoms with E-state index in [1.54, 1.807) is 0 Å². The van der Waals surface area contributed by atoms with Crippen LogP contribution in [0.15, 0.2) is 24.5 Å². The van der Waals surface area contributed by atoms with Crippen molar-refractivity contribution in [1.29, 1.82) is 0 Å². The second-order valence-corrected chi connectivity index (χ2v) is 7.37. The van der Waals surface area contributed by atoms with Gasteiger partial charge in [0.15, 0.2) is 0 Å². The minimum atomic E-state index is 0.736. The molecule has 0 aliphatic carbocycles. The predicted octanol–water partition coefficient (Wildman–Crippen LogP) is 2.59. The Hall–Kier alpha value is -1.37. The molecule has 3 rings (SSSR count). The predicted molar refractivity (Wildman–Crippen MR) is 93.2 cm³/mol. The summed E-state index contributed by atoms with van der Waals surface area (Å²) in [6.07, 6.45) is 6.39. The molecule has 0 spiro atoms. The molecule has 1 unspecified atom stereocenters. The molecule has 124 valence electrons. The van der Waals surface area contributed by atoms with Gasteiger partial charge in [-0.15, -0.1) is 0 Å². The van der Waals surface area contributed by atoms with Crippen molar-refractivity contribution >= 4 is 11.5 Å². The van der Waals surface area contributed by atoms with E-state index in [1.165, 1.54) is 36.5 Å². The van der Waals surface area contributed by atoms with Gasteiger partial charge in [0.25, 0.3) is 0 Å². The molecule has 3 heterocycles. The highest BCUT2D eigenvalue weighted by Crippen LogP contribution is 2.20. The van der Waals surface area contributed by atoms with Crippen LogP contribution in [-0.4, -0.2) is 50.8 Å². The first-order chi connectivity index (χ1) is 11.2. The third-order valence-corrected chi connectivity index (χ3v) is 5.06. The van der Waals surface area contributed by atoms with E-state index in [1.807, 2.05) is 25.4 Å². The van der Waals surface area contributed by atoms with Crippen LogP contribution in [0.25, 0.3) is 0 Å². The zero-order valence-corrected chi connectivity index (χ0v) is 14.8. The summed E-state index contributed by atoms with van der Waals surface area (Å²) in [5.41, 5.74) is 1.28. The Morgan fingerprint density at radius 1 is 1.43 bits per heavy atom. The topological polar surface area (TPSA) is 45.2 Å². The average Bonchev–Trinajstić information content (AvgIpc) is 2.93. The van der Waals surface area contributed by atoms with E-state index >= 15 is 0 Å². The van der Waals surface area contributed by atoms with Crippen molar-refractivity contribution in [3.8, 4) is 0 Å². The zero-order chi connectivity index (χ0) is 16.1. The molecule has 1 saturated heterocycles. The second-order valence-electron chi connectivity index (χ2n) is 6.54. The molecule has 5 nitrogen and oxygen atoms in total. The molecule has 1 aliphatic heterocycles. The number of nitrogens with zero attached hydrogens (tertiary/aromatic N) is 5. The first kappa shape index (κ1) is 16.5. The van der Waals surface area contributed by atoms with E-state index < -0.39 is 0 Å². The second kappa shape index (κ2) is 7.95. The van der Waals surface area contributed by atoms with E-state index in [2.05, 4.69) is 37.3 Å². The standard InChI is InChI=1S/C17H25N5S/c1-14-19-17(23-20-14)13-22-8-4-6-16(12-22)11-21(2)10-15-5-3-7-18-9-15/h3,5,7,9,16H,4,6,8,10-13H2,1-2H3. The number of hydrogen-bond acceptors (Lipinski definition) is 6. The van der Waals surface area contributed by atoms with Gasteiger partial charge in [-0.25, -0.2) is 4.98 Å². The van der Waals surface area contributed by atoms with Crippen LogP contribution in [0.2, 0.25) is 0 Å². The van der Waals surface area contributed by atoms with Gasteiger partial charge >= 0.3 is 0 Å². The third-order valence-electron chi connectivity index (χ3n) is 4.28. The minimum absolute atomic E-state index is 0.736. The maximum atomic E-state index is 4.49. The molecule has 0 N–H and O–H groups in total. The largest absolute Gasteiger partial charge is 0.302 e. The Kier molecular flexibility index (Phi) is 5.70. The number of rotatable bonds is 6. The molecule has 1 aliphatic rings. The normalized spacial score (nSPS) is 19.3. The Morgan fingerprint density at radius 3 is 3.09 bits per heavy atom. The summed E-state index contributed by atoms with van der Waals surface area (Å²) in [6, 6.07) is 4.16. The van der Waals surface area contributed by atoms with Gasteiger partial charge in [0, 0.05) is 32.0 Å². The highest BCUT2D eigenvalue weighted by atomic mass is 32.1. The van der Waals surface area contributed by atoms with Crippen LogP contribution in [-0.2, 0) is 13.1 Å². The fraction of sp³-hybridized carbons (Fsp3) is 0.588. The summed E-state index contributed by atoms with van der Waals surface area (Å²) in [4.78, 5) is 13.6. The van der Waals surface area contributed by atoms with Crippen molar-refractivity contribution in [1.82, 2.24) is 24.1 Å². The van der Waals surface area contributed by atoms with E-state index in [9.17, 15) is 0 Å². The van der Waals surface area contributed by atoms with Crippen molar-refractivity contribution in [3.63, 3.8) is 0 Å². The van der Waals surface area contributed by atoms with Crippen LogP contribution in [0.3, 0.4) is 0 Å². The molecule has 0 amide bonds. The van der Waals surface area contributed by atoms with Gasteiger partial charge in [-0.2, -0.15) is 4.37 Å². The van der Waals surface area contributed by atoms with Crippen LogP contribution < -0.4 is 0 Å². The summed E-state index contributed by atoms with van der Waals surface area (Å²) in [5, 5.41) is 1.15. The molecule has 2 aromatic heterocycles. The molecule has 1 atom stereocenters. The number of aromatic nitrogens is 3. The molecule has 0 aromatic carbocycles. The van der Waals surface area contributed by atoms with Crippen LogP contribution in [0.5, 0.6) is 0 Å². The lowest BCUT2D eigenvalue weighted by molar-refractivity contribution is 0.135. The van der Waals surface area contributed by atoms with Gasteiger partial charge in [0.05, 0.1) is 6.54 Å². The van der Waals surface area contributed by atoms with Gasteiger partial charge < -0.3 is 4.90 Å². The van der Waals surface area contributed by atoms with Gasteiger partial charge in [-0.3, -0.25) is 9.88 Å². The number of pyridine rings is 1. The lowest BCUT2D eigenvalue weighted by Gasteiger charge is -2.34. The van der Waals surface area contributed by atoms with E-state index in [4.69, 9.17) is 0 Å². The fourth-order valence-electron chi connectivity index (χ4n) is 3.35. The van der Waals surface area contributed by atoms with Crippen LogP contribution in [0.1, 0.15) is 29.2 Å². The third kappa shape index (κ3) is 5.06. The lowest BCUT2D eigenvalue weighted by Crippen LogP contribution is -2.39. The van der Waals surface area contributed by atoms with Crippen molar-refractivity contribution < 1.29 is 0 Å². The van der Waals surface area contributed by atoms with Crippen LogP contribution in [0, 0.1) is 12.8 Å². The number of hydrogen-bond donors (Lipinski definition) is 0. The van der Waals surface area contributed by atoms with Crippen molar-refractivity contribution in [2.24, 2.45) is 5.92 Å². The van der Waals surface area contributed by atoms with Crippen molar-refractivity contribution in [2.75, 3.05) is 26.7 Å². The summed E-state index contributed by atoms with van der Waals surface area (Å²) >= 11 is 1.54. The Bertz CT molecular complexity index is 600. The maximum Gasteiger partial charge on any atom is 0.139 e. The number of piperidine rings is 1. The van der Waals surface area contributed by atoms with E-state index in [-0.39, 0.29) is 0 Å². The maximum absolute atomic E-state index is 4.49. The molecule has 23 heavy (non-hydrogen) atoms. The summed E-state index contributed by atoms with van der Waals surface area (Å²) in [5.74, 6) is 1.63. The SMILES string of the molecule is Cc1nsc(CN2CCCC(CN(C)Cc3cccnc3)C2)n1. The van der Waals surface area contributed by atoms with Crippen molar-refractivity contribution in [3.05, 3.63) is 40.9 Å². The van der Waals surface area contributed by atoms with Crippen LogP contribution in [0.4, 0.5) is 0 Å². The monoisotopic (exact) mass is 331 g/mol. The van der Waals surface area contributed by atoms with Gasteiger partial charge in [-0.1, -0.05) is 6.07 Å². The average molecular weight is 331 g/mol. The minimum Gasteiger partial charge on any atom is -0.302 e. The molecule has 2 aromatic rings. The first-order valence-electron chi connectivity index (χ1n) is 8.28. The molecular formula is C17H25N5S. The molecule has 1 fully saturated rings. The number of aryl methyl sites for hydroxylation is 1. The quantitative estimate of drug-likeness (QED) is 0.814. The summed E-state index contributed by atoms with van der Waals surface area (Å²) in [6.45, 7) is 7.37. The lowest BCUT2D eigenvalue weighted by atomic mass is 9.97. The number of likely N-dealkylation sites (tertiary alicyclic amines) is 1. The Balaban J connectivity index is 1.48. The van der Waals surface area contributed by atoms with Crippen LogP contribution >= 0.6 is 11.5 Å².